The van der Waals surface area contributed by atoms with Crippen LogP contribution in [0.1, 0.15) is 25.3 Å². The Labute approximate surface area is 120 Å². The third-order valence-corrected chi connectivity index (χ3v) is 3.85. The number of benzene rings is 1. The van der Waals surface area contributed by atoms with Crippen LogP contribution in [0.25, 0.3) is 0 Å². The Morgan fingerprint density at radius 3 is 2.80 bits per heavy atom. The molecule has 1 aromatic rings. The third kappa shape index (κ3) is 4.23. The molecule has 1 aliphatic rings. The maximum atomic E-state index is 12.0. The number of hydrogen-bond acceptors (Lipinski definition) is 3. The van der Waals surface area contributed by atoms with Gasteiger partial charge in [0.15, 0.2) is 0 Å². The van der Waals surface area contributed by atoms with Crippen molar-refractivity contribution in [1.82, 2.24) is 10.6 Å². The van der Waals surface area contributed by atoms with Gasteiger partial charge in [0.2, 0.25) is 5.91 Å². The van der Waals surface area contributed by atoms with Crippen LogP contribution in [0.15, 0.2) is 24.3 Å². The molecule has 0 bridgehead atoms. The Kier molecular flexibility index (Phi) is 5.41. The Morgan fingerprint density at radius 1 is 1.40 bits per heavy atom. The SMILES string of the molecule is COc1ccc(CCNC(=O)C2CC(C)CCN2)cc1. The standard InChI is InChI=1S/C16H24N2O2/c1-12-7-9-17-15(11-12)16(19)18-10-8-13-3-5-14(20-2)6-4-13/h3-6,12,15,17H,7-11H2,1-2H3,(H,18,19). The smallest absolute Gasteiger partial charge is 0.237 e. The van der Waals surface area contributed by atoms with Crippen molar-refractivity contribution in [3.05, 3.63) is 29.8 Å². The van der Waals surface area contributed by atoms with Crippen LogP contribution in [-0.4, -0.2) is 32.1 Å². The molecule has 1 saturated heterocycles. The maximum Gasteiger partial charge on any atom is 0.237 e. The topological polar surface area (TPSA) is 50.4 Å². The molecule has 1 amide bonds. The molecule has 2 N–H and O–H groups in total. The van der Waals surface area contributed by atoms with Gasteiger partial charge in [-0.1, -0.05) is 19.1 Å². The second-order valence-electron chi connectivity index (χ2n) is 5.53. The van der Waals surface area contributed by atoms with Crippen molar-refractivity contribution in [3.8, 4) is 5.75 Å². The van der Waals surface area contributed by atoms with Crippen LogP contribution in [0.3, 0.4) is 0 Å². The van der Waals surface area contributed by atoms with Gasteiger partial charge in [-0.15, -0.1) is 0 Å². The average molecular weight is 276 g/mol. The lowest BCUT2D eigenvalue weighted by atomic mass is 9.94. The number of methoxy groups -OCH3 is 1. The summed E-state index contributed by atoms with van der Waals surface area (Å²) < 4.78 is 5.12. The zero-order chi connectivity index (χ0) is 14.4. The Balaban J connectivity index is 1.73. The van der Waals surface area contributed by atoms with Gasteiger partial charge < -0.3 is 15.4 Å². The lowest BCUT2D eigenvalue weighted by molar-refractivity contribution is -0.123. The van der Waals surface area contributed by atoms with E-state index in [1.165, 1.54) is 5.56 Å². The number of ether oxygens (including phenoxy) is 1. The number of nitrogens with one attached hydrogen (secondary N) is 2. The molecule has 110 valence electrons. The van der Waals surface area contributed by atoms with Crippen molar-refractivity contribution in [2.75, 3.05) is 20.2 Å². The molecule has 2 rings (SSSR count). The average Bonchev–Trinajstić information content (AvgIpc) is 2.48. The Morgan fingerprint density at radius 2 is 2.15 bits per heavy atom. The van der Waals surface area contributed by atoms with E-state index in [-0.39, 0.29) is 11.9 Å². The molecule has 20 heavy (non-hydrogen) atoms. The Bertz CT molecular complexity index is 431. The van der Waals surface area contributed by atoms with Gasteiger partial charge in [-0.25, -0.2) is 0 Å². The van der Waals surface area contributed by atoms with Crippen molar-refractivity contribution in [2.24, 2.45) is 5.92 Å². The van der Waals surface area contributed by atoms with Crippen molar-refractivity contribution in [3.63, 3.8) is 0 Å². The van der Waals surface area contributed by atoms with E-state index in [0.717, 1.165) is 31.6 Å². The van der Waals surface area contributed by atoms with Crippen molar-refractivity contribution >= 4 is 5.91 Å². The number of piperidine rings is 1. The highest BCUT2D eigenvalue weighted by Gasteiger charge is 2.23. The highest BCUT2D eigenvalue weighted by molar-refractivity contribution is 5.81. The predicted molar refractivity (Wildman–Crippen MR) is 79.9 cm³/mol. The normalized spacial score (nSPS) is 22.3. The minimum absolute atomic E-state index is 0.0189. The maximum absolute atomic E-state index is 12.0. The quantitative estimate of drug-likeness (QED) is 0.861. The molecule has 1 aliphatic heterocycles. The summed E-state index contributed by atoms with van der Waals surface area (Å²) in [5.41, 5.74) is 1.20. The highest BCUT2D eigenvalue weighted by Crippen LogP contribution is 2.15. The van der Waals surface area contributed by atoms with E-state index < -0.39 is 0 Å². The number of carbonyl (C=O) groups excluding carboxylic acids is 1. The molecule has 0 spiro atoms. The molecule has 1 fully saturated rings. The van der Waals surface area contributed by atoms with Crippen molar-refractivity contribution in [1.29, 1.82) is 0 Å². The van der Waals surface area contributed by atoms with Crippen LogP contribution in [0.2, 0.25) is 0 Å². The molecule has 1 aromatic carbocycles. The van der Waals surface area contributed by atoms with Gasteiger partial charge >= 0.3 is 0 Å². The summed E-state index contributed by atoms with van der Waals surface area (Å²) in [4.78, 5) is 12.0. The molecule has 2 atom stereocenters. The fourth-order valence-electron chi connectivity index (χ4n) is 2.55. The monoisotopic (exact) mass is 276 g/mol. The summed E-state index contributed by atoms with van der Waals surface area (Å²) >= 11 is 0. The van der Waals surface area contributed by atoms with Gasteiger partial charge in [0.05, 0.1) is 13.2 Å². The van der Waals surface area contributed by atoms with Crippen LogP contribution < -0.4 is 15.4 Å². The number of rotatable bonds is 5. The molecule has 1 heterocycles. The molecular weight excluding hydrogens is 252 g/mol. The highest BCUT2D eigenvalue weighted by atomic mass is 16.5. The molecular formula is C16H24N2O2. The molecule has 0 saturated carbocycles. The molecule has 0 aromatic heterocycles. The van der Waals surface area contributed by atoms with Crippen molar-refractivity contribution in [2.45, 2.75) is 32.2 Å². The third-order valence-electron chi connectivity index (χ3n) is 3.85. The second kappa shape index (κ2) is 7.29. The summed E-state index contributed by atoms with van der Waals surface area (Å²) in [5, 5.41) is 6.30. The number of carbonyl (C=O) groups is 1. The first-order valence-corrected chi connectivity index (χ1v) is 7.33. The molecule has 4 heteroatoms. The predicted octanol–water partition coefficient (Wildman–Crippen LogP) is 1.74. The van der Waals surface area contributed by atoms with E-state index in [4.69, 9.17) is 4.74 Å². The lowest BCUT2D eigenvalue weighted by Gasteiger charge is -2.27. The van der Waals surface area contributed by atoms with Gasteiger partial charge in [-0.3, -0.25) is 4.79 Å². The molecule has 0 aliphatic carbocycles. The fraction of sp³-hybridized carbons (Fsp3) is 0.562. The first kappa shape index (κ1) is 14.9. The van der Waals surface area contributed by atoms with E-state index in [1.54, 1.807) is 7.11 Å². The molecule has 4 nitrogen and oxygen atoms in total. The van der Waals surface area contributed by atoms with E-state index in [2.05, 4.69) is 17.6 Å². The van der Waals surface area contributed by atoms with Crippen LogP contribution >= 0.6 is 0 Å². The molecule has 0 radical (unpaired) electrons. The van der Waals surface area contributed by atoms with E-state index in [1.807, 2.05) is 24.3 Å². The van der Waals surface area contributed by atoms with E-state index >= 15 is 0 Å². The lowest BCUT2D eigenvalue weighted by Crippen LogP contribution is -2.48. The summed E-state index contributed by atoms with van der Waals surface area (Å²) in [6.07, 6.45) is 2.95. The van der Waals surface area contributed by atoms with E-state index in [0.29, 0.717) is 12.5 Å². The van der Waals surface area contributed by atoms with Crippen LogP contribution in [-0.2, 0) is 11.2 Å². The first-order chi connectivity index (χ1) is 9.69. The van der Waals surface area contributed by atoms with Gasteiger partial charge in [-0.05, 0) is 49.4 Å². The molecule has 2 unspecified atom stereocenters. The minimum Gasteiger partial charge on any atom is -0.497 e. The number of amides is 1. The summed E-state index contributed by atoms with van der Waals surface area (Å²) in [7, 11) is 1.66. The van der Waals surface area contributed by atoms with E-state index in [9.17, 15) is 4.79 Å². The fourth-order valence-corrected chi connectivity index (χ4v) is 2.55. The first-order valence-electron chi connectivity index (χ1n) is 7.33. The Hall–Kier alpha value is -1.55. The summed E-state index contributed by atoms with van der Waals surface area (Å²) in [6, 6.07) is 7.94. The van der Waals surface area contributed by atoms with Gasteiger partial charge in [0, 0.05) is 6.54 Å². The van der Waals surface area contributed by atoms with Crippen molar-refractivity contribution < 1.29 is 9.53 Å². The summed E-state index contributed by atoms with van der Waals surface area (Å²) in [5.74, 6) is 1.62. The van der Waals surface area contributed by atoms with Gasteiger partial charge in [0.1, 0.15) is 5.75 Å². The largest absolute Gasteiger partial charge is 0.497 e. The van der Waals surface area contributed by atoms with Crippen LogP contribution in [0.5, 0.6) is 5.75 Å². The van der Waals surface area contributed by atoms with Gasteiger partial charge in [0.25, 0.3) is 0 Å². The zero-order valence-electron chi connectivity index (χ0n) is 12.3. The zero-order valence-corrected chi connectivity index (χ0v) is 12.3. The van der Waals surface area contributed by atoms with Crippen LogP contribution in [0, 0.1) is 5.92 Å². The van der Waals surface area contributed by atoms with Crippen LogP contribution in [0.4, 0.5) is 0 Å². The summed E-state index contributed by atoms with van der Waals surface area (Å²) in [6.45, 7) is 3.83. The second-order valence-corrected chi connectivity index (χ2v) is 5.53. The number of hydrogen-bond donors (Lipinski definition) is 2. The van der Waals surface area contributed by atoms with Gasteiger partial charge in [-0.2, -0.15) is 0 Å². The minimum atomic E-state index is -0.0189.